The molecule has 2 heterocycles. The summed E-state index contributed by atoms with van der Waals surface area (Å²) in [7, 11) is 1.54. The predicted octanol–water partition coefficient (Wildman–Crippen LogP) is 1.38. The van der Waals surface area contributed by atoms with Crippen molar-refractivity contribution in [3.05, 3.63) is 17.7 Å². The highest BCUT2D eigenvalue weighted by atomic mass is 16.6. The Bertz CT molecular complexity index is 508. The van der Waals surface area contributed by atoms with Crippen molar-refractivity contribution in [1.82, 2.24) is 5.32 Å². The molecule has 6 nitrogen and oxygen atoms in total. The Balaban J connectivity index is 1.73. The SMILES string of the molecule is COc1cc(C(=O)NC[C@H]2CCCO2)cc2c1OCCO2. The molecule has 114 valence electrons. The molecule has 1 amide bonds. The highest BCUT2D eigenvalue weighted by Gasteiger charge is 2.22. The van der Waals surface area contributed by atoms with Gasteiger partial charge in [0.25, 0.3) is 5.91 Å². The number of ether oxygens (including phenoxy) is 4. The van der Waals surface area contributed by atoms with E-state index in [0.29, 0.717) is 42.6 Å². The molecule has 0 saturated carbocycles. The van der Waals surface area contributed by atoms with Crippen molar-refractivity contribution >= 4 is 5.91 Å². The van der Waals surface area contributed by atoms with E-state index >= 15 is 0 Å². The molecule has 0 aliphatic carbocycles. The number of benzene rings is 1. The van der Waals surface area contributed by atoms with Gasteiger partial charge in [-0.3, -0.25) is 4.79 Å². The van der Waals surface area contributed by atoms with Gasteiger partial charge in [-0.2, -0.15) is 0 Å². The Morgan fingerprint density at radius 1 is 1.33 bits per heavy atom. The molecule has 0 aromatic heterocycles. The number of hydrogen-bond acceptors (Lipinski definition) is 5. The molecule has 2 aliphatic heterocycles. The lowest BCUT2D eigenvalue weighted by Gasteiger charge is -2.21. The second-order valence-electron chi connectivity index (χ2n) is 5.05. The molecule has 1 N–H and O–H groups in total. The molecule has 0 unspecified atom stereocenters. The molecule has 0 bridgehead atoms. The van der Waals surface area contributed by atoms with Gasteiger partial charge in [0.1, 0.15) is 13.2 Å². The first kappa shape index (κ1) is 14.0. The third-order valence-corrected chi connectivity index (χ3v) is 3.60. The van der Waals surface area contributed by atoms with Crippen LogP contribution in [-0.4, -0.2) is 45.5 Å². The zero-order chi connectivity index (χ0) is 14.7. The van der Waals surface area contributed by atoms with Gasteiger partial charge in [0.15, 0.2) is 11.5 Å². The fourth-order valence-electron chi connectivity index (χ4n) is 2.52. The predicted molar refractivity (Wildman–Crippen MR) is 75.3 cm³/mol. The second-order valence-corrected chi connectivity index (χ2v) is 5.05. The highest BCUT2D eigenvalue weighted by molar-refractivity contribution is 5.95. The van der Waals surface area contributed by atoms with Crippen molar-refractivity contribution < 1.29 is 23.7 Å². The average molecular weight is 293 g/mol. The minimum atomic E-state index is -0.166. The van der Waals surface area contributed by atoms with Gasteiger partial charge in [-0.25, -0.2) is 0 Å². The van der Waals surface area contributed by atoms with Crippen molar-refractivity contribution in [2.75, 3.05) is 33.5 Å². The summed E-state index contributed by atoms with van der Waals surface area (Å²) in [6, 6.07) is 3.35. The Hall–Kier alpha value is -1.95. The van der Waals surface area contributed by atoms with E-state index in [2.05, 4.69) is 5.32 Å². The lowest BCUT2D eigenvalue weighted by Crippen LogP contribution is -2.31. The van der Waals surface area contributed by atoms with Crippen LogP contribution in [0.3, 0.4) is 0 Å². The summed E-state index contributed by atoms with van der Waals surface area (Å²) < 4.78 is 21.8. The molecule has 1 aromatic rings. The Morgan fingerprint density at radius 3 is 2.95 bits per heavy atom. The van der Waals surface area contributed by atoms with Crippen molar-refractivity contribution in [2.45, 2.75) is 18.9 Å². The molecule has 6 heteroatoms. The van der Waals surface area contributed by atoms with Crippen LogP contribution in [0.5, 0.6) is 17.2 Å². The molecule has 2 aliphatic rings. The van der Waals surface area contributed by atoms with Gasteiger partial charge in [-0.05, 0) is 25.0 Å². The topological polar surface area (TPSA) is 66.0 Å². The smallest absolute Gasteiger partial charge is 0.251 e. The van der Waals surface area contributed by atoms with Gasteiger partial charge in [0, 0.05) is 18.7 Å². The third-order valence-electron chi connectivity index (χ3n) is 3.60. The largest absolute Gasteiger partial charge is 0.493 e. The first-order valence-electron chi connectivity index (χ1n) is 7.15. The summed E-state index contributed by atoms with van der Waals surface area (Å²) in [5, 5.41) is 2.88. The second kappa shape index (κ2) is 6.22. The number of nitrogens with one attached hydrogen (secondary N) is 1. The van der Waals surface area contributed by atoms with Gasteiger partial charge in [-0.1, -0.05) is 0 Å². The minimum absolute atomic E-state index is 0.119. The fourth-order valence-corrected chi connectivity index (χ4v) is 2.52. The van der Waals surface area contributed by atoms with Crippen LogP contribution in [0, 0.1) is 0 Å². The van der Waals surface area contributed by atoms with E-state index < -0.39 is 0 Å². The standard InChI is InChI=1S/C15H19NO5/c1-18-12-7-10(8-13-14(12)21-6-5-20-13)15(17)16-9-11-3-2-4-19-11/h7-8,11H,2-6,9H2,1H3,(H,16,17)/t11-/m1/s1. The van der Waals surface area contributed by atoms with Crippen LogP contribution in [0.2, 0.25) is 0 Å². The van der Waals surface area contributed by atoms with Gasteiger partial charge in [0.2, 0.25) is 5.75 Å². The molecule has 3 rings (SSSR count). The van der Waals surface area contributed by atoms with Gasteiger partial charge < -0.3 is 24.3 Å². The number of methoxy groups -OCH3 is 1. The van der Waals surface area contributed by atoms with Crippen LogP contribution in [0.15, 0.2) is 12.1 Å². The Kier molecular flexibility index (Phi) is 4.15. The van der Waals surface area contributed by atoms with Crippen LogP contribution < -0.4 is 19.5 Å². The maximum atomic E-state index is 12.2. The minimum Gasteiger partial charge on any atom is -0.493 e. The number of fused-ring (bicyclic) bond motifs is 1. The van der Waals surface area contributed by atoms with Crippen molar-refractivity contribution in [2.24, 2.45) is 0 Å². The van der Waals surface area contributed by atoms with E-state index in [-0.39, 0.29) is 12.0 Å². The average Bonchev–Trinajstić information content (AvgIpc) is 3.04. The monoisotopic (exact) mass is 293 g/mol. The molecular weight excluding hydrogens is 274 g/mol. The third kappa shape index (κ3) is 3.05. The zero-order valence-electron chi connectivity index (χ0n) is 12.0. The molecule has 1 atom stereocenters. The summed E-state index contributed by atoms with van der Waals surface area (Å²) in [4.78, 5) is 12.2. The fraction of sp³-hybridized carbons (Fsp3) is 0.533. The van der Waals surface area contributed by atoms with E-state index in [4.69, 9.17) is 18.9 Å². The van der Waals surface area contributed by atoms with Crippen molar-refractivity contribution in [1.29, 1.82) is 0 Å². The molecule has 1 saturated heterocycles. The van der Waals surface area contributed by atoms with E-state index in [1.165, 1.54) is 0 Å². The quantitative estimate of drug-likeness (QED) is 0.908. The Labute approximate surface area is 123 Å². The van der Waals surface area contributed by atoms with E-state index in [1.807, 2.05) is 0 Å². The number of rotatable bonds is 4. The maximum absolute atomic E-state index is 12.2. The molecule has 1 fully saturated rings. The van der Waals surface area contributed by atoms with Crippen LogP contribution in [0.1, 0.15) is 23.2 Å². The lowest BCUT2D eigenvalue weighted by atomic mass is 10.1. The van der Waals surface area contributed by atoms with Gasteiger partial charge >= 0.3 is 0 Å². The molecule has 0 spiro atoms. The van der Waals surface area contributed by atoms with Crippen LogP contribution in [-0.2, 0) is 4.74 Å². The van der Waals surface area contributed by atoms with Crippen LogP contribution >= 0.6 is 0 Å². The number of carbonyl (C=O) groups excluding carboxylic acids is 1. The van der Waals surface area contributed by atoms with Gasteiger partial charge in [-0.15, -0.1) is 0 Å². The van der Waals surface area contributed by atoms with E-state index in [9.17, 15) is 4.79 Å². The Morgan fingerprint density at radius 2 is 2.19 bits per heavy atom. The highest BCUT2D eigenvalue weighted by Crippen LogP contribution is 2.40. The molecule has 21 heavy (non-hydrogen) atoms. The van der Waals surface area contributed by atoms with Crippen molar-refractivity contribution in [3.8, 4) is 17.2 Å². The number of amides is 1. The van der Waals surface area contributed by atoms with E-state index in [1.54, 1.807) is 19.2 Å². The first-order valence-corrected chi connectivity index (χ1v) is 7.15. The van der Waals surface area contributed by atoms with Gasteiger partial charge in [0.05, 0.1) is 13.2 Å². The summed E-state index contributed by atoms with van der Waals surface area (Å²) >= 11 is 0. The number of carbonyl (C=O) groups is 1. The maximum Gasteiger partial charge on any atom is 0.251 e. The number of hydrogen-bond donors (Lipinski definition) is 1. The van der Waals surface area contributed by atoms with E-state index in [0.717, 1.165) is 19.4 Å². The molecular formula is C15H19NO5. The summed E-state index contributed by atoms with van der Waals surface area (Å²) in [5.41, 5.74) is 0.495. The van der Waals surface area contributed by atoms with Crippen LogP contribution in [0.4, 0.5) is 0 Å². The zero-order valence-corrected chi connectivity index (χ0v) is 12.0. The summed E-state index contributed by atoms with van der Waals surface area (Å²) in [5.74, 6) is 1.44. The van der Waals surface area contributed by atoms with Crippen LogP contribution in [0.25, 0.3) is 0 Å². The molecule has 1 aromatic carbocycles. The summed E-state index contributed by atoms with van der Waals surface area (Å²) in [6.07, 6.45) is 2.16. The lowest BCUT2D eigenvalue weighted by molar-refractivity contribution is 0.0856. The normalized spacial score (nSPS) is 20.1. The first-order chi connectivity index (χ1) is 10.3. The summed E-state index contributed by atoms with van der Waals surface area (Å²) in [6.45, 7) is 2.25. The van der Waals surface area contributed by atoms with Crippen molar-refractivity contribution in [3.63, 3.8) is 0 Å². The molecule has 0 radical (unpaired) electrons.